The number of aliphatic imine (C=N–C) groups is 1. The number of carboxylic acids is 1. The number of rotatable bonds is 6. The van der Waals surface area contributed by atoms with Crippen LogP contribution in [0.3, 0.4) is 0 Å². The van der Waals surface area contributed by atoms with E-state index in [9.17, 15) is 4.79 Å². The van der Waals surface area contributed by atoms with E-state index in [1.54, 1.807) is 0 Å². The first-order valence-electron chi connectivity index (χ1n) is 4.75. The summed E-state index contributed by atoms with van der Waals surface area (Å²) < 4.78 is 5.18. The number of hydrogen-bond acceptors (Lipinski definition) is 4. The molecule has 0 atom stereocenters. The first-order chi connectivity index (χ1) is 6.70. The van der Waals surface area contributed by atoms with Gasteiger partial charge in [0.05, 0.1) is 32.0 Å². The molecule has 1 N–H and O–H groups in total. The first kappa shape index (κ1) is 11.0. The van der Waals surface area contributed by atoms with Crippen LogP contribution in [0.15, 0.2) is 4.99 Å². The molecule has 0 bridgehead atoms. The average Bonchev–Trinajstić information content (AvgIpc) is 2.51. The summed E-state index contributed by atoms with van der Waals surface area (Å²) >= 11 is 0. The third-order valence-corrected chi connectivity index (χ3v) is 2.13. The molecule has 0 fully saturated rings. The highest BCUT2D eigenvalue weighted by atomic mass is 16.5. The Labute approximate surface area is 83.4 Å². The van der Waals surface area contributed by atoms with E-state index in [1.165, 1.54) is 0 Å². The van der Waals surface area contributed by atoms with Gasteiger partial charge in [-0.05, 0) is 6.92 Å². The van der Waals surface area contributed by atoms with Crippen LogP contribution in [0, 0.1) is 0 Å². The summed E-state index contributed by atoms with van der Waals surface area (Å²) in [5, 5.41) is 8.36. The molecule has 0 unspecified atom stereocenters. The van der Waals surface area contributed by atoms with E-state index in [2.05, 4.69) is 9.89 Å². The standard InChI is InChI=1S/C9H16N2O3/c1-8-10-3-4-11(8)5-7-14-6-2-9(12)13/h2-7H2,1H3,(H,12,13). The molecular formula is C9H16N2O3. The van der Waals surface area contributed by atoms with Crippen molar-refractivity contribution in [2.75, 3.05) is 32.8 Å². The molecule has 0 aliphatic carbocycles. The van der Waals surface area contributed by atoms with Gasteiger partial charge in [0.15, 0.2) is 0 Å². The van der Waals surface area contributed by atoms with E-state index in [0.29, 0.717) is 13.2 Å². The van der Waals surface area contributed by atoms with Crippen molar-refractivity contribution in [2.45, 2.75) is 13.3 Å². The highest BCUT2D eigenvalue weighted by Crippen LogP contribution is 2.00. The maximum absolute atomic E-state index is 10.2. The molecule has 0 saturated carbocycles. The van der Waals surface area contributed by atoms with Gasteiger partial charge in [-0.3, -0.25) is 9.79 Å². The first-order valence-corrected chi connectivity index (χ1v) is 4.75. The Morgan fingerprint density at radius 2 is 2.43 bits per heavy atom. The Balaban J connectivity index is 1.99. The fraction of sp³-hybridized carbons (Fsp3) is 0.778. The summed E-state index contributed by atoms with van der Waals surface area (Å²) in [5.74, 6) is 0.232. The quantitative estimate of drug-likeness (QED) is 0.623. The molecule has 1 aliphatic rings. The van der Waals surface area contributed by atoms with Gasteiger partial charge in [-0.25, -0.2) is 0 Å². The molecule has 0 saturated heterocycles. The van der Waals surface area contributed by atoms with Crippen molar-refractivity contribution in [3.05, 3.63) is 0 Å². The maximum atomic E-state index is 10.2. The SMILES string of the molecule is CC1=NCCN1CCOCCC(=O)O. The fourth-order valence-electron chi connectivity index (χ4n) is 1.30. The lowest BCUT2D eigenvalue weighted by Crippen LogP contribution is -2.29. The van der Waals surface area contributed by atoms with E-state index in [1.807, 2.05) is 6.92 Å². The lowest BCUT2D eigenvalue weighted by atomic mass is 10.4. The molecule has 1 aliphatic heterocycles. The van der Waals surface area contributed by atoms with Gasteiger partial charge in [0.1, 0.15) is 0 Å². The van der Waals surface area contributed by atoms with Crippen LogP contribution in [0.25, 0.3) is 0 Å². The predicted molar refractivity (Wildman–Crippen MR) is 52.6 cm³/mol. The Bertz CT molecular complexity index is 228. The van der Waals surface area contributed by atoms with Crippen LogP contribution < -0.4 is 0 Å². The number of hydrogen-bond donors (Lipinski definition) is 1. The molecule has 0 aromatic heterocycles. The average molecular weight is 200 g/mol. The van der Waals surface area contributed by atoms with Gasteiger partial charge in [-0.2, -0.15) is 0 Å². The van der Waals surface area contributed by atoms with Crippen molar-refractivity contribution in [1.82, 2.24) is 4.90 Å². The molecule has 1 heterocycles. The summed E-state index contributed by atoms with van der Waals surface area (Å²) in [4.78, 5) is 16.5. The molecule has 5 nitrogen and oxygen atoms in total. The zero-order valence-electron chi connectivity index (χ0n) is 8.40. The van der Waals surface area contributed by atoms with E-state index < -0.39 is 5.97 Å². The summed E-state index contributed by atoms with van der Waals surface area (Å²) in [6, 6.07) is 0. The van der Waals surface area contributed by atoms with Gasteiger partial charge < -0.3 is 14.7 Å². The topological polar surface area (TPSA) is 62.1 Å². The van der Waals surface area contributed by atoms with Crippen LogP contribution in [-0.4, -0.2) is 54.7 Å². The number of aliphatic carboxylic acids is 1. The Morgan fingerprint density at radius 3 is 3.00 bits per heavy atom. The second kappa shape index (κ2) is 5.59. The molecule has 0 spiro atoms. The predicted octanol–water partition coefficient (Wildman–Crippen LogP) is 0.212. The third kappa shape index (κ3) is 3.74. The van der Waals surface area contributed by atoms with Crippen LogP contribution >= 0.6 is 0 Å². The van der Waals surface area contributed by atoms with Gasteiger partial charge >= 0.3 is 5.97 Å². The normalized spacial score (nSPS) is 15.8. The van der Waals surface area contributed by atoms with Crippen molar-refractivity contribution in [3.63, 3.8) is 0 Å². The number of carbonyl (C=O) groups is 1. The van der Waals surface area contributed by atoms with Gasteiger partial charge in [0.2, 0.25) is 0 Å². The summed E-state index contributed by atoms with van der Waals surface area (Å²) in [5.41, 5.74) is 0. The van der Waals surface area contributed by atoms with E-state index in [4.69, 9.17) is 9.84 Å². The van der Waals surface area contributed by atoms with Gasteiger partial charge in [-0.15, -0.1) is 0 Å². The zero-order chi connectivity index (χ0) is 10.4. The molecule has 14 heavy (non-hydrogen) atoms. The molecular weight excluding hydrogens is 184 g/mol. The minimum Gasteiger partial charge on any atom is -0.481 e. The van der Waals surface area contributed by atoms with Crippen LogP contribution in [-0.2, 0) is 9.53 Å². The van der Waals surface area contributed by atoms with E-state index >= 15 is 0 Å². The van der Waals surface area contributed by atoms with Crippen molar-refractivity contribution < 1.29 is 14.6 Å². The van der Waals surface area contributed by atoms with E-state index in [0.717, 1.165) is 25.5 Å². The highest BCUT2D eigenvalue weighted by Gasteiger charge is 2.11. The Morgan fingerprint density at radius 1 is 1.64 bits per heavy atom. The third-order valence-electron chi connectivity index (χ3n) is 2.13. The monoisotopic (exact) mass is 200 g/mol. The van der Waals surface area contributed by atoms with Gasteiger partial charge in [0, 0.05) is 13.1 Å². The smallest absolute Gasteiger partial charge is 0.305 e. The summed E-state index contributed by atoms with van der Waals surface area (Å²) in [7, 11) is 0. The Kier molecular flexibility index (Phi) is 4.39. The molecule has 0 aromatic rings. The van der Waals surface area contributed by atoms with Gasteiger partial charge in [0.25, 0.3) is 0 Å². The van der Waals surface area contributed by atoms with Crippen molar-refractivity contribution >= 4 is 11.8 Å². The molecule has 1 rings (SSSR count). The highest BCUT2D eigenvalue weighted by molar-refractivity contribution is 5.81. The van der Waals surface area contributed by atoms with E-state index in [-0.39, 0.29) is 6.42 Å². The maximum Gasteiger partial charge on any atom is 0.305 e. The summed E-state index contributed by atoms with van der Waals surface area (Å²) in [6.07, 6.45) is 0.0765. The van der Waals surface area contributed by atoms with Crippen molar-refractivity contribution in [1.29, 1.82) is 0 Å². The minimum absolute atomic E-state index is 0.0765. The number of ether oxygens (including phenoxy) is 1. The molecule has 0 aromatic carbocycles. The van der Waals surface area contributed by atoms with Crippen LogP contribution in [0.1, 0.15) is 13.3 Å². The second-order valence-electron chi connectivity index (χ2n) is 3.17. The number of nitrogens with zero attached hydrogens (tertiary/aromatic N) is 2. The van der Waals surface area contributed by atoms with Crippen LogP contribution in [0.4, 0.5) is 0 Å². The van der Waals surface area contributed by atoms with Crippen molar-refractivity contribution in [3.8, 4) is 0 Å². The Hall–Kier alpha value is -1.10. The lowest BCUT2D eigenvalue weighted by Gasteiger charge is -2.17. The molecule has 5 heteroatoms. The summed E-state index contributed by atoms with van der Waals surface area (Å²) in [6.45, 7) is 5.45. The molecule has 80 valence electrons. The van der Waals surface area contributed by atoms with Crippen LogP contribution in [0.2, 0.25) is 0 Å². The number of amidine groups is 1. The zero-order valence-corrected chi connectivity index (χ0v) is 8.40. The van der Waals surface area contributed by atoms with Crippen LogP contribution in [0.5, 0.6) is 0 Å². The van der Waals surface area contributed by atoms with Crippen molar-refractivity contribution in [2.24, 2.45) is 4.99 Å². The van der Waals surface area contributed by atoms with Gasteiger partial charge in [-0.1, -0.05) is 0 Å². The largest absolute Gasteiger partial charge is 0.481 e. The second-order valence-corrected chi connectivity index (χ2v) is 3.17. The lowest BCUT2D eigenvalue weighted by molar-refractivity contribution is -0.138. The molecule has 0 amide bonds. The fourth-order valence-corrected chi connectivity index (χ4v) is 1.30. The number of carboxylic acid groups (broad SMARTS) is 1. The molecule has 0 radical (unpaired) electrons. The minimum atomic E-state index is -0.816.